The lowest BCUT2D eigenvalue weighted by Crippen LogP contribution is -2.22. The van der Waals surface area contributed by atoms with Crippen LogP contribution in [0.3, 0.4) is 0 Å². The van der Waals surface area contributed by atoms with Crippen LogP contribution in [0.15, 0.2) is 36.4 Å². The Morgan fingerprint density at radius 2 is 1.21 bits per heavy atom. The van der Waals surface area contributed by atoms with E-state index in [-0.39, 0.29) is 5.41 Å². The fourth-order valence-electron chi connectivity index (χ4n) is 3.48. The quantitative estimate of drug-likeness (QED) is 0.843. The molecule has 0 saturated carbocycles. The zero-order chi connectivity index (χ0) is 13.6. The summed E-state index contributed by atoms with van der Waals surface area (Å²) < 4.78 is 0. The minimum Gasteiger partial charge on any atom is -0.508 e. The second-order valence-electron chi connectivity index (χ2n) is 5.25. The number of rotatable bonds is 2. The average Bonchev–Trinajstić information content (AvgIpc) is 2.67. The summed E-state index contributed by atoms with van der Waals surface area (Å²) in [6.07, 6.45) is 1.91. The molecule has 1 aliphatic rings. The minimum absolute atomic E-state index is 0.0951. The molecule has 0 unspecified atom stereocenters. The smallest absolute Gasteiger partial charge is 0.115 e. The Balaban J connectivity index is 2.38. The largest absolute Gasteiger partial charge is 0.508 e. The number of phenolic OH excluding ortho intramolecular Hbond substituents is 2. The molecule has 3 rings (SSSR count). The van der Waals surface area contributed by atoms with Gasteiger partial charge in [-0.25, -0.2) is 0 Å². The van der Waals surface area contributed by atoms with Crippen LogP contribution in [-0.2, 0) is 5.41 Å². The van der Waals surface area contributed by atoms with Crippen molar-refractivity contribution in [2.24, 2.45) is 0 Å². The number of fused-ring (bicyclic) bond motifs is 3. The zero-order valence-electron chi connectivity index (χ0n) is 11.3. The molecule has 0 aromatic heterocycles. The average molecular weight is 254 g/mol. The van der Waals surface area contributed by atoms with Gasteiger partial charge in [0, 0.05) is 5.41 Å². The van der Waals surface area contributed by atoms with Crippen LogP contribution in [0.4, 0.5) is 0 Å². The highest BCUT2D eigenvalue weighted by molar-refractivity contribution is 5.82. The lowest BCUT2D eigenvalue weighted by Gasteiger charge is -2.29. The van der Waals surface area contributed by atoms with E-state index < -0.39 is 0 Å². The lowest BCUT2D eigenvalue weighted by molar-refractivity contribution is 0.455. The summed E-state index contributed by atoms with van der Waals surface area (Å²) in [4.78, 5) is 0. The topological polar surface area (TPSA) is 40.5 Å². The molecule has 2 heteroatoms. The van der Waals surface area contributed by atoms with Crippen LogP contribution in [0.5, 0.6) is 11.5 Å². The third-order valence-corrected chi connectivity index (χ3v) is 4.53. The molecule has 19 heavy (non-hydrogen) atoms. The van der Waals surface area contributed by atoms with Gasteiger partial charge in [0.1, 0.15) is 11.5 Å². The molecular weight excluding hydrogens is 236 g/mol. The van der Waals surface area contributed by atoms with Crippen molar-refractivity contribution in [1.82, 2.24) is 0 Å². The lowest BCUT2D eigenvalue weighted by atomic mass is 9.74. The molecule has 2 aromatic carbocycles. The van der Waals surface area contributed by atoms with E-state index in [1.807, 2.05) is 24.3 Å². The van der Waals surface area contributed by atoms with E-state index in [1.165, 1.54) is 22.3 Å². The monoisotopic (exact) mass is 254 g/mol. The van der Waals surface area contributed by atoms with Crippen molar-refractivity contribution in [3.05, 3.63) is 47.5 Å². The van der Waals surface area contributed by atoms with Crippen LogP contribution < -0.4 is 0 Å². The van der Waals surface area contributed by atoms with E-state index in [1.54, 1.807) is 12.1 Å². The summed E-state index contributed by atoms with van der Waals surface area (Å²) in [5.41, 5.74) is 4.62. The minimum atomic E-state index is -0.0951. The van der Waals surface area contributed by atoms with Crippen LogP contribution in [0.1, 0.15) is 37.8 Å². The molecule has 0 bridgehead atoms. The Kier molecular flexibility index (Phi) is 2.56. The number of phenols is 2. The van der Waals surface area contributed by atoms with Crippen LogP contribution in [0.25, 0.3) is 11.1 Å². The summed E-state index contributed by atoms with van der Waals surface area (Å²) in [5, 5.41) is 19.6. The van der Waals surface area contributed by atoms with Crippen molar-refractivity contribution in [1.29, 1.82) is 0 Å². The van der Waals surface area contributed by atoms with Crippen molar-refractivity contribution < 1.29 is 10.2 Å². The summed E-state index contributed by atoms with van der Waals surface area (Å²) in [6.45, 7) is 4.33. The van der Waals surface area contributed by atoms with Crippen molar-refractivity contribution in [2.75, 3.05) is 0 Å². The SMILES string of the molecule is CCC1(CC)c2cc(O)ccc2-c2ccc(O)cc21. The van der Waals surface area contributed by atoms with Gasteiger partial charge >= 0.3 is 0 Å². The molecule has 0 spiro atoms. The number of aromatic hydroxyl groups is 2. The Bertz CT molecular complexity index is 586. The normalized spacial score (nSPS) is 15.1. The van der Waals surface area contributed by atoms with Gasteiger partial charge in [0.2, 0.25) is 0 Å². The molecule has 2 N–H and O–H groups in total. The van der Waals surface area contributed by atoms with Gasteiger partial charge in [-0.3, -0.25) is 0 Å². The van der Waals surface area contributed by atoms with E-state index in [9.17, 15) is 10.2 Å². The Hall–Kier alpha value is -1.96. The van der Waals surface area contributed by atoms with E-state index in [4.69, 9.17) is 0 Å². The highest BCUT2D eigenvalue weighted by Crippen LogP contribution is 2.53. The third kappa shape index (κ3) is 1.49. The molecule has 0 saturated heterocycles. The van der Waals surface area contributed by atoms with Gasteiger partial charge in [-0.05, 0) is 59.4 Å². The molecule has 98 valence electrons. The molecule has 0 heterocycles. The van der Waals surface area contributed by atoms with Crippen molar-refractivity contribution in [3.8, 4) is 22.6 Å². The molecule has 0 atom stereocenters. The van der Waals surface area contributed by atoms with Crippen molar-refractivity contribution >= 4 is 0 Å². The predicted octanol–water partition coefficient (Wildman–Crippen LogP) is 4.18. The highest BCUT2D eigenvalue weighted by atomic mass is 16.3. The maximum atomic E-state index is 9.80. The molecule has 0 amide bonds. The van der Waals surface area contributed by atoms with Crippen LogP contribution in [0.2, 0.25) is 0 Å². The Morgan fingerprint density at radius 3 is 1.58 bits per heavy atom. The van der Waals surface area contributed by atoms with E-state index in [0.29, 0.717) is 11.5 Å². The molecule has 0 aliphatic heterocycles. The maximum Gasteiger partial charge on any atom is 0.115 e. The molecule has 0 radical (unpaired) electrons. The van der Waals surface area contributed by atoms with Gasteiger partial charge in [-0.2, -0.15) is 0 Å². The first kappa shape index (κ1) is 12.1. The van der Waals surface area contributed by atoms with Crippen molar-refractivity contribution in [3.63, 3.8) is 0 Å². The standard InChI is InChI=1S/C17H18O2/c1-3-17(4-2)15-9-11(18)5-7-13(15)14-8-6-12(19)10-16(14)17/h5-10,18-19H,3-4H2,1-2H3. The fraction of sp³-hybridized carbons (Fsp3) is 0.294. The van der Waals surface area contributed by atoms with Gasteiger partial charge in [-0.15, -0.1) is 0 Å². The first-order valence-corrected chi connectivity index (χ1v) is 6.79. The highest BCUT2D eigenvalue weighted by Gasteiger charge is 2.40. The summed E-state index contributed by atoms with van der Waals surface area (Å²) >= 11 is 0. The molecule has 0 fully saturated rings. The van der Waals surface area contributed by atoms with E-state index >= 15 is 0 Å². The summed E-state index contributed by atoms with van der Waals surface area (Å²) in [7, 11) is 0. The van der Waals surface area contributed by atoms with Crippen LogP contribution in [-0.4, -0.2) is 10.2 Å². The van der Waals surface area contributed by atoms with Crippen molar-refractivity contribution in [2.45, 2.75) is 32.1 Å². The first-order valence-electron chi connectivity index (χ1n) is 6.79. The third-order valence-electron chi connectivity index (χ3n) is 4.53. The molecular formula is C17H18O2. The number of benzene rings is 2. The van der Waals surface area contributed by atoms with Crippen LogP contribution >= 0.6 is 0 Å². The summed E-state index contributed by atoms with van der Waals surface area (Å²) in [5.74, 6) is 0.615. The predicted molar refractivity (Wildman–Crippen MR) is 76.6 cm³/mol. The fourth-order valence-corrected chi connectivity index (χ4v) is 3.48. The maximum absolute atomic E-state index is 9.80. The van der Waals surface area contributed by atoms with Crippen LogP contribution in [0, 0.1) is 0 Å². The number of hydrogen-bond acceptors (Lipinski definition) is 2. The van der Waals surface area contributed by atoms with E-state index in [2.05, 4.69) is 13.8 Å². The molecule has 1 aliphatic carbocycles. The molecule has 2 nitrogen and oxygen atoms in total. The second kappa shape index (κ2) is 4.02. The van der Waals surface area contributed by atoms with E-state index in [0.717, 1.165) is 12.8 Å². The zero-order valence-corrected chi connectivity index (χ0v) is 11.3. The van der Waals surface area contributed by atoms with Gasteiger partial charge in [-0.1, -0.05) is 26.0 Å². The summed E-state index contributed by atoms with van der Waals surface area (Å²) in [6, 6.07) is 11.2. The number of hydrogen-bond donors (Lipinski definition) is 2. The Morgan fingerprint density at radius 1 is 0.789 bits per heavy atom. The second-order valence-corrected chi connectivity index (χ2v) is 5.25. The first-order chi connectivity index (χ1) is 9.12. The van der Waals surface area contributed by atoms with Gasteiger partial charge in [0.15, 0.2) is 0 Å². The Labute approximate surface area is 113 Å². The van der Waals surface area contributed by atoms with Gasteiger partial charge < -0.3 is 10.2 Å². The van der Waals surface area contributed by atoms with Gasteiger partial charge in [0.05, 0.1) is 0 Å². The molecule has 2 aromatic rings. The van der Waals surface area contributed by atoms with Gasteiger partial charge in [0.25, 0.3) is 0 Å².